The molecule has 0 spiro atoms. The number of halogens is 1. The Balaban J connectivity index is 1.98. The van der Waals surface area contributed by atoms with Crippen molar-refractivity contribution in [1.29, 1.82) is 0 Å². The molecule has 5 heteroatoms. The molecule has 0 fully saturated rings. The average Bonchev–Trinajstić information content (AvgIpc) is 2.67. The Morgan fingerprint density at radius 2 is 2.29 bits per heavy atom. The van der Waals surface area contributed by atoms with Crippen molar-refractivity contribution < 1.29 is 8.91 Å². The molecule has 0 saturated carbocycles. The molecule has 0 aliphatic heterocycles. The summed E-state index contributed by atoms with van der Waals surface area (Å²) in [4.78, 5) is 3.44. The number of anilines is 1. The number of rotatable bonds is 3. The van der Waals surface area contributed by atoms with E-state index < -0.39 is 5.95 Å². The lowest BCUT2D eigenvalue weighted by atomic mass is 10.4. The summed E-state index contributed by atoms with van der Waals surface area (Å²) >= 11 is 0. The molecule has 4 nitrogen and oxygen atoms in total. The van der Waals surface area contributed by atoms with Gasteiger partial charge in [-0.15, -0.1) is 0 Å². The van der Waals surface area contributed by atoms with E-state index in [-0.39, 0.29) is 0 Å². The van der Waals surface area contributed by atoms with E-state index in [2.05, 4.69) is 15.5 Å². The number of hydrogen-bond acceptors (Lipinski definition) is 4. The second kappa shape index (κ2) is 3.87. The highest BCUT2D eigenvalue weighted by Crippen LogP contribution is 2.08. The van der Waals surface area contributed by atoms with Crippen molar-refractivity contribution in [2.24, 2.45) is 0 Å². The van der Waals surface area contributed by atoms with E-state index in [1.165, 1.54) is 12.3 Å². The Labute approximate surface area is 79.8 Å². The van der Waals surface area contributed by atoms with Crippen LogP contribution in [-0.4, -0.2) is 10.1 Å². The zero-order valence-corrected chi connectivity index (χ0v) is 7.27. The maximum atomic E-state index is 12.6. The van der Waals surface area contributed by atoms with Gasteiger partial charge in [-0.3, -0.25) is 0 Å². The Kier molecular flexibility index (Phi) is 2.40. The Bertz CT molecular complexity index is 402. The fraction of sp³-hybridized carbons (Fsp3) is 0.111. The van der Waals surface area contributed by atoms with E-state index >= 15 is 0 Å². The maximum absolute atomic E-state index is 12.6. The molecule has 0 aliphatic rings. The third-order valence-electron chi connectivity index (χ3n) is 1.68. The molecular weight excluding hydrogens is 185 g/mol. The first-order valence-corrected chi connectivity index (χ1v) is 4.09. The van der Waals surface area contributed by atoms with Gasteiger partial charge < -0.3 is 9.84 Å². The lowest BCUT2D eigenvalue weighted by Crippen LogP contribution is -1.98. The number of nitrogens with zero attached hydrogens (tertiary/aromatic N) is 2. The molecule has 1 N–H and O–H groups in total. The first kappa shape index (κ1) is 8.68. The first-order valence-electron chi connectivity index (χ1n) is 4.09. The highest BCUT2D eigenvalue weighted by atomic mass is 19.1. The van der Waals surface area contributed by atoms with Crippen molar-refractivity contribution >= 4 is 5.69 Å². The van der Waals surface area contributed by atoms with Crippen LogP contribution in [-0.2, 0) is 6.54 Å². The minimum Gasteiger partial charge on any atom is -0.378 e. The molecule has 0 saturated heterocycles. The Morgan fingerprint density at radius 1 is 1.36 bits per heavy atom. The van der Waals surface area contributed by atoms with E-state index in [4.69, 9.17) is 4.52 Å². The van der Waals surface area contributed by atoms with Crippen LogP contribution in [0.25, 0.3) is 0 Å². The van der Waals surface area contributed by atoms with Gasteiger partial charge in [-0.2, -0.15) is 4.39 Å². The number of aromatic nitrogens is 2. The standard InChI is InChI=1S/C9H8FN3O/c10-9-5-7(1-3-11-9)12-6-8-2-4-13-14-8/h1-5H,6H2,(H,11,12). The molecule has 0 radical (unpaired) electrons. The van der Waals surface area contributed by atoms with E-state index in [1.807, 2.05) is 0 Å². The molecule has 2 heterocycles. The van der Waals surface area contributed by atoms with Crippen LogP contribution in [0.2, 0.25) is 0 Å². The van der Waals surface area contributed by atoms with Gasteiger partial charge >= 0.3 is 0 Å². The van der Waals surface area contributed by atoms with Crippen LogP contribution in [0.1, 0.15) is 5.76 Å². The zero-order valence-electron chi connectivity index (χ0n) is 7.27. The van der Waals surface area contributed by atoms with Crippen LogP contribution in [0.4, 0.5) is 10.1 Å². The summed E-state index contributed by atoms with van der Waals surface area (Å²) in [7, 11) is 0. The van der Waals surface area contributed by atoms with Crippen molar-refractivity contribution in [3.63, 3.8) is 0 Å². The first-order chi connectivity index (χ1) is 6.84. The van der Waals surface area contributed by atoms with Crippen LogP contribution in [0.5, 0.6) is 0 Å². The highest BCUT2D eigenvalue weighted by Gasteiger charge is 1.98. The second-order valence-corrected chi connectivity index (χ2v) is 2.70. The van der Waals surface area contributed by atoms with Crippen LogP contribution < -0.4 is 5.32 Å². The minimum atomic E-state index is -0.507. The van der Waals surface area contributed by atoms with Crippen molar-refractivity contribution in [2.45, 2.75) is 6.54 Å². The maximum Gasteiger partial charge on any atom is 0.214 e. The van der Waals surface area contributed by atoms with Gasteiger partial charge in [-0.1, -0.05) is 5.16 Å². The number of hydrogen-bond donors (Lipinski definition) is 1. The van der Waals surface area contributed by atoms with Gasteiger partial charge in [0, 0.05) is 24.0 Å². The van der Waals surface area contributed by atoms with Gasteiger partial charge in [0.05, 0.1) is 12.7 Å². The number of nitrogens with one attached hydrogen (secondary N) is 1. The quantitative estimate of drug-likeness (QED) is 0.755. The molecule has 2 rings (SSSR count). The lowest BCUT2D eigenvalue weighted by Gasteiger charge is -2.02. The highest BCUT2D eigenvalue weighted by molar-refractivity contribution is 5.41. The van der Waals surface area contributed by atoms with Crippen LogP contribution in [0.15, 0.2) is 35.1 Å². The van der Waals surface area contributed by atoms with Gasteiger partial charge in [-0.05, 0) is 6.07 Å². The summed E-state index contributed by atoms with van der Waals surface area (Å²) in [6.45, 7) is 0.476. The molecule has 0 amide bonds. The van der Waals surface area contributed by atoms with Gasteiger partial charge in [0.15, 0.2) is 5.76 Å². The summed E-state index contributed by atoms with van der Waals surface area (Å²) in [5.74, 6) is 0.190. The van der Waals surface area contributed by atoms with Crippen LogP contribution in [0.3, 0.4) is 0 Å². The second-order valence-electron chi connectivity index (χ2n) is 2.70. The topological polar surface area (TPSA) is 51.0 Å². The molecule has 0 aliphatic carbocycles. The van der Waals surface area contributed by atoms with Crippen LogP contribution in [0, 0.1) is 5.95 Å². The fourth-order valence-corrected chi connectivity index (χ4v) is 1.03. The van der Waals surface area contributed by atoms with Crippen LogP contribution >= 0.6 is 0 Å². The summed E-state index contributed by atoms with van der Waals surface area (Å²) in [6, 6.07) is 4.74. The molecule has 2 aromatic rings. The molecule has 2 aromatic heterocycles. The van der Waals surface area contributed by atoms with E-state index in [1.54, 1.807) is 18.3 Å². The zero-order chi connectivity index (χ0) is 9.80. The van der Waals surface area contributed by atoms with E-state index in [0.717, 1.165) is 0 Å². The smallest absolute Gasteiger partial charge is 0.214 e. The molecule has 0 aromatic carbocycles. The summed E-state index contributed by atoms with van der Waals surface area (Å²) in [6.07, 6.45) is 2.96. The third kappa shape index (κ3) is 2.07. The molecule has 0 atom stereocenters. The van der Waals surface area contributed by atoms with Gasteiger partial charge in [0.1, 0.15) is 0 Å². The molecule has 0 unspecified atom stereocenters. The normalized spacial score (nSPS) is 10.1. The van der Waals surface area contributed by atoms with Crippen molar-refractivity contribution in [3.8, 4) is 0 Å². The number of pyridine rings is 1. The third-order valence-corrected chi connectivity index (χ3v) is 1.68. The Morgan fingerprint density at radius 3 is 3.00 bits per heavy atom. The summed E-state index contributed by atoms with van der Waals surface area (Å²) < 4.78 is 17.5. The average molecular weight is 193 g/mol. The predicted octanol–water partition coefficient (Wildman–Crippen LogP) is 1.82. The lowest BCUT2D eigenvalue weighted by molar-refractivity contribution is 0.388. The largest absolute Gasteiger partial charge is 0.378 e. The monoisotopic (exact) mass is 193 g/mol. The predicted molar refractivity (Wildman–Crippen MR) is 48.0 cm³/mol. The van der Waals surface area contributed by atoms with E-state index in [9.17, 15) is 4.39 Å². The van der Waals surface area contributed by atoms with Crippen molar-refractivity contribution in [1.82, 2.24) is 10.1 Å². The summed E-state index contributed by atoms with van der Waals surface area (Å²) in [5, 5.41) is 6.52. The SMILES string of the molecule is Fc1cc(NCc2ccno2)ccn1. The summed E-state index contributed by atoms with van der Waals surface area (Å²) in [5.41, 5.74) is 0.661. The minimum absolute atomic E-state index is 0.476. The molecular formula is C9H8FN3O. The van der Waals surface area contributed by atoms with E-state index in [0.29, 0.717) is 18.0 Å². The van der Waals surface area contributed by atoms with Crippen molar-refractivity contribution in [3.05, 3.63) is 42.3 Å². The molecule has 14 heavy (non-hydrogen) atoms. The molecule has 0 bridgehead atoms. The van der Waals surface area contributed by atoms with Gasteiger partial charge in [0.2, 0.25) is 5.95 Å². The van der Waals surface area contributed by atoms with Crippen molar-refractivity contribution in [2.75, 3.05) is 5.32 Å². The molecule has 72 valence electrons. The Hall–Kier alpha value is -1.91. The van der Waals surface area contributed by atoms with Gasteiger partial charge in [0.25, 0.3) is 0 Å². The fourth-order valence-electron chi connectivity index (χ4n) is 1.03. The van der Waals surface area contributed by atoms with Gasteiger partial charge in [-0.25, -0.2) is 4.98 Å².